The number of nitrogens with zero attached hydrogens (tertiary/aromatic N) is 5. The van der Waals surface area contributed by atoms with Gasteiger partial charge in [0.15, 0.2) is 15.5 Å². The van der Waals surface area contributed by atoms with Crippen molar-refractivity contribution in [2.45, 2.75) is 0 Å². The first kappa shape index (κ1) is 20.0. The van der Waals surface area contributed by atoms with E-state index in [4.69, 9.17) is 15.5 Å². The SMILES string of the molecule is COc1ccc2cc(-c3cnn4c(N)c(Br)c(N5CCS(=O)(=O)CC5)nc34)cnc2c1. The first-order valence-corrected chi connectivity index (χ1v) is 12.2. The molecular formula is C20H19BrN6O3S. The standard InChI is InChI=1S/C20H19BrN6O3S/c1-30-14-3-2-12-8-13(10-23-16(12)9-14)15-11-24-27-18(22)17(21)20(25-19(15)27)26-4-6-31(28,29)7-5-26/h2-3,8-11H,4-7,22H2,1H3. The highest BCUT2D eigenvalue weighted by atomic mass is 79.9. The molecule has 5 rings (SSSR count). The van der Waals surface area contributed by atoms with Crippen LogP contribution in [0.1, 0.15) is 0 Å². The molecule has 1 saturated heterocycles. The number of rotatable bonds is 3. The van der Waals surface area contributed by atoms with Gasteiger partial charge in [0.25, 0.3) is 0 Å². The average Bonchev–Trinajstić information content (AvgIpc) is 3.20. The number of anilines is 2. The largest absolute Gasteiger partial charge is 0.497 e. The Balaban J connectivity index is 1.62. The predicted octanol–water partition coefficient (Wildman–Crippen LogP) is 2.53. The summed E-state index contributed by atoms with van der Waals surface area (Å²) in [7, 11) is -1.38. The van der Waals surface area contributed by atoms with Gasteiger partial charge in [0.2, 0.25) is 0 Å². The number of nitrogen functional groups attached to an aromatic ring is 1. The molecule has 4 aromatic rings. The van der Waals surface area contributed by atoms with E-state index in [0.29, 0.717) is 34.8 Å². The predicted molar refractivity (Wildman–Crippen MR) is 123 cm³/mol. The van der Waals surface area contributed by atoms with Gasteiger partial charge in [-0.3, -0.25) is 4.98 Å². The summed E-state index contributed by atoms with van der Waals surface area (Å²) in [4.78, 5) is 11.3. The third kappa shape index (κ3) is 3.47. The highest BCUT2D eigenvalue weighted by Gasteiger charge is 2.26. The molecule has 9 nitrogen and oxygen atoms in total. The number of sulfone groups is 1. The highest BCUT2D eigenvalue weighted by molar-refractivity contribution is 9.10. The van der Waals surface area contributed by atoms with Gasteiger partial charge >= 0.3 is 0 Å². The van der Waals surface area contributed by atoms with Crippen LogP contribution in [0.4, 0.5) is 11.6 Å². The molecule has 1 aliphatic heterocycles. The van der Waals surface area contributed by atoms with Crippen molar-refractivity contribution in [1.82, 2.24) is 19.6 Å². The molecule has 3 aromatic heterocycles. The second-order valence-corrected chi connectivity index (χ2v) is 10.4. The zero-order valence-electron chi connectivity index (χ0n) is 16.6. The molecule has 0 unspecified atom stereocenters. The van der Waals surface area contributed by atoms with E-state index in [2.05, 4.69) is 26.0 Å². The lowest BCUT2D eigenvalue weighted by Gasteiger charge is -2.28. The fourth-order valence-corrected chi connectivity index (χ4v) is 5.40. The van der Waals surface area contributed by atoms with E-state index in [1.54, 1.807) is 24.0 Å². The number of nitrogens with two attached hydrogens (primary N) is 1. The molecule has 11 heteroatoms. The Hall–Kier alpha value is -2.92. The average molecular weight is 503 g/mol. The lowest BCUT2D eigenvalue weighted by Crippen LogP contribution is -2.41. The molecule has 0 bridgehead atoms. The number of pyridine rings is 1. The Kier molecular flexibility index (Phi) is 4.74. The molecule has 160 valence electrons. The molecule has 31 heavy (non-hydrogen) atoms. The fraction of sp³-hybridized carbons (Fsp3) is 0.250. The molecule has 2 N–H and O–H groups in total. The number of aromatic nitrogens is 4. The van der Waals surface area contributed by atoms with Gasteiger partial charge in [-0.1, -0.05) is 0 Å². The van der Waals surface area contributed by atoms with E-state index in [0.717, 1.165) is 27.8 Å². The number of methoxy groups -OCH3 is 1. The molecule has 0 saturated carbocycles. The van der Waals surface area contributed by atoms with Crippen molar-refractivity contribution in [2.24, 2.45) is 0 Å². The van der Waals surface area contributed by atoms with Crippen molar-refractivity contribution in [2.75, 3.05) is 42.3 Å². The van der Waals surface area contributed by atoms with Crippen LogP contribution in [-0.2, 0) is 9.84 Å². The van der Waals surface area contributed by atoms with Crippen LogP contribution in [0, 0.1) is 0 Å². The van der Waals surface area contributed by atoms with Gasteiger partial charge in [-0.2, -0.15) is 9.61 Å². The van der Waals surface area contributed by atoms with Gasteiger partial charge < -0.3 is 15.4 Å². The Bertz CT molecular complexity index is 1420. The number of halogens is 1. The maximum atomic E-state index is 11.8. The zero-order valence-corrected chi connectivity index (χ0v) is 19.0. The molecule has 0 spiro atoms. The summed E-state index contributed by atoms with van der Waals surface area (Å²) in [5.74, 6) is 1.95. The minimum Gasteiger partial charge on any atom is -0.497 e. The van der Waals surface area contributed by atoms with Gasteiger partial charge in [0.1, 0.15) is 21.9 Å². The minimum atomic E-state index is -3.01. The third-order valence-corrected chi connectivity index (χ3v) is 7.82. The summed E-state index contributed by atoms with van der Waals surface area (Å²) in [5.41, 5.74) is 9.38. The lowest BCUT2D eigenvalue weighted by atomic mass is 10.1. The van der Waals surface area contributed by atoms with Crippen molar-refractivity contribution in [3.8, 4) is 16.9 Å². The van der Waals surface area contributed by atoms with Crippen molar-refractivity contribution in [3.05, 3.63) is 41.1 Å². The summed E-state index contributed by atoms with van der Waals surface area (Å²) in [5, 5.41) is 5.37. The highest BCUT2D eigenvalue weighted by Crippen LogP contribution is 2.35. The second kappa shape index (κ2) is 7.34. The second-order valence-electron chi connectivity index (χ2n) is 7.35. The van der Waals surface area contributed by atoms with E-state index in [9.17, 15) is 8.42 Å². The summed E-state index contributed by atoms with van der Waals surface area (Å²) in [6.45, 7) is 0.735. The van der Waals surface area contributed by atoms with E-state index in [-0.39, 0.29) is 11.5 Å². The van der Waals surface area contributed by atoms with Crippen molar-refractivity contribution in [1.29, 1.82) is 0 Å². The van der Waals surface area contributed by atoms with Crippen molar-refractivity contribution in [3.63, 3.8) is 0 Å². The normalized spacial score (nSPS) is 16.1. The number of ether oxygens (including phenoxy) is 1. The quantitative estimate of drug-likeness (QED) is 0.454. The maximum Gasteiger partial charge on any atom is 0.167 e. The number of hydrogen-bond donors (Lipinski definition) is 1. The van der Waals surface area contributed by atoms with Crippen LogP contribution in [0.15, 0.2) is 41.1 Å². The molecule has 0 aliphatic carbocycles. The van der Waals surface area contributed by atoms with Gasteiger partial charge in [-0.15, -0.1) is 0 Å². The molecule has 1 fully saturated rings. The van der Waals surface area contributed by atoms with Gasteiger partial charge in [0.05, 0.1) is 30.3 Å². The topological polar surface area (TPSA) is 116 Å². The van der Waals surface area contributed by atoms with Crippen molar-refractivity contribution >= 4 is 54.0 Å². The molecule has 0 atom stereocenters. The number of benzene rings is 1. The molecule has 1 aliphatic rings. The Labute approximate surface area is 186 Å². The molecule has 4 heterocycles. The number of hydrogen-bond acceptors (Lipinski definition) is 8. The summed E-state index contributed by atoms with van der Waals surface area (Å²) in [6.07, 6.45) is 3.48. The summed E-state index contributed by atoms with van der Waals surface area (Å²) < 4.78 is 31.1. The minimum absolute atomic E-state index is 0.0936. The van der Waals surface area contributed by atoms with Crippen molar-refractivity contribution < 1.29 is 13.2 Å². The van der Waals surface area contributed by atoms with E-state index >= 15 is 0 Å². The first-order valence-electron chi connectivity index (χ1n) is 9.58. The van der Waals surface area contributed by atoms with Crippen LogP contribution < -0.4 is 15.4 Å². The van der Waals surface area contributed by atoms with Gasteiger partial charge in [-0.25, -0.2) is 13.4 Å². The first-order chi connectivity index (χ1) is 14.9. The molecular weight excluding hydrogens is 484 g/mol. The molecule has 0 radical (unpaired) electrons. The maximum absolute atomic E-state index is 11.8. The fourth-order valence-electron chi connectivity index (χ4n) is 3.70. The van der Waals surface area contributed by atoms with Gasteiger partial charge in [-0.05, 0) is 34.1 Å². The van der Waals surface area contributed by atoms with Crippen LogP contribution in [0.5, 0.6) is 5.75 Å². The Morgan fingerprint density at radius 1 is 1.16 bits per heavy atom. The lowest BCUT2D eigenvalue weighted by molar-refractivity contribution is 0.415. The Morgan fingerprint density at radius 2 is 1.94 bits per heavy atom. The van der Waals surface area contributed by atoms with Crippen LogP contribution >= 0.6 is 15.9 Å². The summed E-state index contributed by atoms with van der Waals surface area (Å²) in [6, 6.07) is 7.74. The Morgan fingerprint density at radius 3 is 2.68 bits per heavy atom. The van der Waals surface area contributed by atoms with Crippen LogP contribution in [-0.4, -0.2) is 59.7 Å². The third-order valence-electron chi connectivity index (χ3n) is 5.45. The molecule has 1 aromatic carbocycles. The smallest absolute Gasteiger partial charge is 0.167 e. The van der Waals surface area contributed by atoms with Gasteiger partial charge in [0, 0.05) is 41.9 Å². The zero-order chi connectivity index (χ0) is 21.8. The van der Waals surface area contributed by atoms with Crippen LogP contribution in [0.25, 0.3) is 27.7 Å². The monoisotopic (exact) mass is 502 g/mol. The molecule has 0 amide bonds. The van der Waals surface area contributed by atoms with Crippen LogP contribution in [0.3, 0.4) is 0 Å². The van der Waals surface area contributed by atoms with E-state index in [1.165, 1.54) is 0 Å². The summed E-state index contributed by atoms with van der Waals surface area (Å²) >= 11 is 3.51. The van der Waals surface area contributed by atoms with E-state index in [1.807, 2.05) is 29.2 Å². The van der Waals surface area contributed by atoms with E-state index < -0.39 is 9.84 Å². The number of fused-ring (bicyclic) bond motifs is 2. The van der Waals surface area contributed by atoms with Crippen LogP contribution in [0.2, 0.25) is 0 Å².